The van der Waals surface area contributed by atoms with Gasteiger partial charge in [-0.3, -0.25) is 19.1 Å². The molecule has 0 radical (unpaired) electrons. The number of ether oxygens (including phenoxy) is 1. The second-order valence-corrected chi connectivity index (χ2v) is 6.87. The number of carbonyl (C=O) groups excluding carboxylic acids is 1. The topological polar surface area (TPSA) is 106 Å². The lowest BCUT2D eigenvalue weighted by atomic mass is 10.0. The van der Waals surface area contributed by atoms with Crippen molar-refractivity contribution in [3.63, 3.8) is 0 Å². The minimum Gasteiger partial charge on any atom is -0.492 e. The lowest BCUT2D eigenvalue weighted by Gasteiger charge is -2.14. The molecule has 0 aliphatic carbocycles. The predicted octanol–water partition coefficient (Wildman–Crippen LogP) is 2.04. The number of benzene rings is 1. The first-order valence-electron chi connectivity index (χ1n) is 9.56. The van der Waals surface area contributed by atoms with Gasteiger partial charge in [-0.25, -0.2) is 9.78 Å². The number of aryl methyl sites for hydroxylation is 1. The number of carbonyl (C=O) groups is 1. The Morgan fingerprint density at radius 2 is 1.97 bits per heavy atom. The molecule has 8 nitrogen and oxygen atoms in total. The van der Waals surface area contributed by atoms with Gasteiger partial charge < -0.3 is 10.1 Å². The lowest BCUT2D eigenvalue weighted by Crippen LogP contribution is -2.34. The van der Waals surface area contributed by atoms with E-state index < -0.39 is 17.2 Å². The van der Waals surface area contributed by atoms with E-state index >= 15 is 0 Å². The molecule has 1 aromatic carbocycles. The van der Waals surface area contributed by atoms with Crippen LogP contribution in [0.15, 0.2) is 46.0 Å². The summed E-state index contributed by atoms with van der Waals surface area (Å²) in [7, 11) is 0. The van der Waals surface area contributed by atoms with E-state index in [2.05, 4.69) is 15.3 Å². The first kappa shape index (κ1) is 20.3. The normalized spacial score (nSPS) is 11.0. The van der Waals surface area contributed by atoms with Gasteiger partial charge >= 0.3 is 5.69 Å². The van der Waals surface area contributed by atoms with Crippen LogP contribution >= 0.6 is 0 Å². The molecule has 2 N–H and O–H groups in total. The van der Waals surface area contributed by atoms with Gasteiger partial charge in [-0.1, -0.05) is 32.0 Å². The summed E-state index contributed by atoms with van der Waals surface area (Å²) in [6, 6.07) is 10.9. The van der Waals surface area contributed by atoms with Gasteiger partial charge in [0.15, 0.2) is 5.65 Å². The van der Waals surface area contributed by atoms with Crippen LogP contribution in [0.1, 0.15) is 42.7 Å². The van der Waals surface area contributed by atoms with Gasteiger partial charge in [-0.2, -0.15) is 0 Å². The molecular formula is C21H24N4O4. The van der Waals surface area contributed by atoms with Gasteiger partial charge in [0.1, 0.15) is 12.4 Å². The number of nitrogens with zero attached hydrogens (tertiary/aromatic N) is 2. The highest BCUT2D eigenvalue weighted by molar-refractivity contribution is 6.05. The van der Waals surface area contributed by atoms with Gasteiger partial charge in [0, 0.05) is 12.2 Å². The molecule has 0 unspecified atom stereocenters. The van der Waals surface area contributed by atoms with Crippen LogP contribution in [-0.2, 0) is 6.54 Å². The number of para-hydroxylation sites is 1. The van der Waals surface area contributed by atoms with Crippen LogP contribution in [0, 0.1) is 0 Å². The van der Waals surface area contributed by atoms with E-state index in [1.54, 1.807) is 13.0 Å². The molecule has 1 amide bonds. The first-order chi connectivity index (χ1) is 13.9. The number of amides is 1. The molecule has 0 atom stereocenters. The summed E-state index contributed by atoms with van der Waals surface area (Å²) in [4.78, 5) is 44.2. The molecule has 2 heterocycles. The standard InChI is InChI=1S/C21H24N4O4/c1-4-25-18-17(20(27)24-21(25)28)15(12-16(23-18)13(2)3)19(26)22-10-11-29-14-8-6-5-7-9-14/h5-9,12-13H,4,10-11H2,1-3H3,(H,22,26)(H,24,27,28). The van der Waals surface area contributed by atoms with Crippen molar-refractivity contribution < 1.29 is 9.53 Å². The zero-order valence-electron chi connectivity index (χ0n) is 16.7. The van der Waals surface area contributed by atoms with E-state index in [1.165, 1.54) is 4.57 Å². The smallest absolute Gasteiger partial charge is 0.329 e. The largest absolute Gasteiger partial charge is 0.492 e. The molecule has 0 bridgehead atoms. The second kappa shape index (κ2) is 8.72. The van der Waals surface area contributed by atoms with Crippen LogP contribution in [-0.4, -0.2) is 33.6 Å². The highest BCUT2D eigenvalue weighted by Gasteiger charge is 2.20. The third kappa shape index (κ3) is 4.37. The van der Waals surface area contributed by atoms with Crippen molar-refractivity contribution in [3.05, 3.63) is 68.5 Å². The van der Waals surface area contributed by atoms with Gasteiger partial charge in [-0.05, 0) is 31.0 Å². The number of aromatic nitrogens is 3. The van der Waals surface area contributed by atoms with Gasteiger partial charge in [-0.15, -0.1) is 0 Å². The number of hydrogen-bond donors (Lipinski definition) is 2. The number of hydrogen-bond acceptors (Lipinski definition) is 5. The Morgan fingerprint density at radius 3 is 2.62 bits per heavy atom. The zero-order chi connectivity index (χ0) is 21.0. The first-order valence-corrected chi connectivity index (χ1v) is 9.56. The molecule has 29 heavy (non-hydrogen) atoms. The van der Waals surface area contributed by atoms with E-state index in [9.17, 15) is 14.4 Å². The monoisotopic (exact) mass is 396 g/mol. The summed E-state index contributed by atoms with van der Waals surface area (Å²) in [6.45, 7) is 6.53. The Balaban J connectivity index is 1.91. The molecule has 0 spiro atoms. The third-order valence-electron chi connectivity index (χ3n) is 4.52. The molecule has 0 saturated carbocycles. The number of rotatable bonds is 7. The maximum absolute atomic E-state index is 12.8. The Kier molecular flexibility index (Phi) is 6.11. The van der Waals surface area contributed by atoms with Crippen LogP contribution < -0.4 is 21.3 Å². The van der Waals surface area contributed by atoms with Crippen LogP contribution in [0.25, 0.3) is 11.0 Å². The molecule has 2 aromatic heterocycles. The van der Waals surface area contributed by atoms with Crippen LogP contribution in [0.2, 0.25) is 0 Å². The molecule has 152 valence electrons. The van der Waals surface area contributed by atoms with E-state index in [1.807, 2.05) is 44.2 Å². The van der Waals surface area contributed by atoms with E-state index in [-0.39, 0.29) is 35.7 Å². The molecule has 8 heteroatoms. The predicted molar refractivity (Wildman–Crippen MR) is 111 cm³/mol. The highest BCUT2D eigenvalue weighted by Crippen LogP contribution is 2.19. The minimum absolute atomic E-state index is 0.0204. The summed E-state index contributed by atoms with van der Waals surface area (Å²) in [5.74, 6) is 0.316. The van der Waals surface area contributed by atoms with Crippen molar-refractivity contribution in [1.29, 1.82) is 0 Å². The van der Waals surface area contributed by atoms with E-state index in [0.29, 0.717) is 18.0 Å². The van der Waals surface area contributed by atoms with Gasteiger partial charge in [0.25, 0.3) is 11.5 Å². The van der Waals surface area contributed by atoms with Gasteiger partial charge in [0.2, 0.25) is 0 Å². The summed E-state index contributed by atoms with van der Waals surface area (Å²) in [5.41, 5.74) is -0.111. The Labute approximate surface area is 167 Å². The fourth-order valence-electron chi connectivity index (χ4n) is 3.01. The minimum atomic E-state index is -0.622. The number of aromatic amines is 1. The summed E-state index contributed by atoms with van der Waals surface area (Å²) in [6.07, 6.45) is 0. The Morgan fingerprint density at radius 1 is 1.24 bits per heavy atom. The van der Waals surface area contributed by atoms with Crippen LogP contribution in [0.4, 0.5) is 0 Å². The SMILES string of the molecule is CCn1c(=O)[nH]c(=O)c2c(C(=O)NCCOc3ccccc3)cc(C(C)C)nc21. The second-order valence-electron chi connectivity index (χ2n) is 6.87. The van der Waals surface area contributed by atoms with Crippen molar-refractivity contribution in [3.8, 4) is 5.75 Å². The van der Waals surface area contributed by atoms with Crippen molar-refractivity contribution in [1.82, 2.24) is 19.9 Å². The van der Waals surface area contributed by atoms with Crippen molar-refractivity contribution >= 4 is 16.9 Å². The van der Waals surface area contributed by atoms with Crippen molar-refractivity contribution in [2.24, 2.45) is 0 Å². The zero-order valence-corrected chi connectivity index (χ0v) is 16.7. The average Bonchev–Trinajstić information content (AvgIpc) is 2.71. The molecule has 0 fully saturated rings. The van der Waals surface area contributed by atoms with Crippen LogP contribution in [0.5, 0.6) is 5.75 Å². The number of fused-ring (bicyclic) bond motifs is 1. The molecule has 0 saturated heterocycles. The van der Waals surface area contributed by atoms with Crippen molar-refractivity contribution in [2.45, 2.75) is 33.2 Å². The van der Waals surface area contributed by atoms with Crippen LogP contribution in [0.3, 0.4) is 0 Å². The third-order valence-corrected chi connectivity index (χ3v) is 4.52. The molecule has 3 rings (SSSR count). The maximum Gasteiger partial charge on any atom is 0.329 e. The van der Waals surface area contributed by atoms with E-state index in [4.69, 9.17) is 4.74 Å². The average molecular weight is 396 g/mol. The van der Waals surface area contributed by atoms with Crippen molar-refractivity contribution in [2.75, 3.05) is 13.2 Å². The van der Waals surface area contributed by atoms with Gasteiger partial charge in [0.05, 0.1) is 17.5 Å². The Hall–Kier alpha value is -3.42. The quantitative estimate of drug-likeness (QED) is 0.595. The fraction of sp³-hybridized carbons (Fsp3) is 0.333. The summed E-state index contributed by atoms with van der Waals surface area (Å²) >= 11 is 0. The van der Waals surface area contributed by atoms with E-state index in [0.717, 1.165) is 0 Å². The molecule has 0 aliphatic heterocycles. The number of nitrogens with one attached hydrogen (secondary N) is 2. The molecule has 3 aromatic rings. The summed E-state index contributed by atoms with van der Waals surface area (Å²) < 4.78 is 6.94. The molecular weight excluding hydrogens is 372 g/mol. The fourth-order valence-corrected chi connectivity index (χ4v) is 3.01. The number of pyridine rings is 1. The maximum atomic E-state index is 12.8. The molecule has 0 aliphatic rings. The summed E-state index contributed by atoms with van der Waals surface area (Å²) in [5, 5.41) is 2.88. The Bertz CT molecular complexity index is 1130. The number of H-pyrrole nitrogens is 1. The lowest BCUT2D eigenvalue weighted by molar-refractivity contribution is 0.0948. The highest BCUT2D eigenvalue weighted by atomic mass is 16.5.